The van der Waals surface area contributed by atoms with Crippen LogP contribution in [0.5, 0.6) is 5.75 Å². The van der Waals surface area contributed by atoms with Gasteiger partial charge in [-0.15, -0.1) is 0 Å². The predicted molar refractivity (Wildman–Crippen MR) is 76.5 cm³/mol. The number of aliphatic hydroxyl groups is 1. The minimum atomic E-state index is -0.985. The van der Waals surface area contributed by atoms with Gasteiger partial charge in [0, 0.05) is 19.2 Å². The van der Waals surface area contributed by atoms with E-state index in [0.717, 1.165) is 11.3 Å². The smallest absolute Gasteiger partial charge is 0.127 e. The van der Waals surface area contributed by atoms with E-state index in [1.54, 1.807) is 16.9 Å². The molecule has 1 aromatic heterocycles. The van der Waals surface area contributed by atoms with Crippen LogP contribution in [0.2, 0.25) is 0 Å². The molecule has 0 amide bonds. The highest BCUT2D eigenvalue weighted by atomic mass is 16.5. The second-order valence-corrected chi connectivity index (χ2v) is 5.32. The molecular weight excluding hydrogens is 266 g/mol. The zero-order chi connectivity index (χ0) is 14.9. The Labute approximate surface area is 123 Å². The van der Waals surface area contributed by atoms with Gasteiger partial charge in [-0.2, -0.15) is 10.4 Å². The molecule has 5 heteroatoms. The number of para-hydroxylation sites is 1. The molecule has 1 N–H and O–H groups in total. The van der Waals surface area contributed by atoms with Crippen molar-refractivity contribution in [1.82, 2.24) is 9.78 Å². The Hall–Kier alpha value is -2.32. The maximum absolute atomic E-state index is 10.8. The van der Waals surface area contributed by atoms with Crippen LogP contribution in [0.15, 0.2) is 36.5 Å². The molecular formula is C16H17N3O2. The lowest BCUT2D eigenvalue weighted by Crippen LogP contribution is -2.40. The van der Waals surface area contributed by atoms with Crippen LogP contribution in [0.4, 0.5) is 0 Å². The summed E-state index contributed by atoms with van der Waals surface area (Å²) >= 11 is 0. The van der Waals surface area contributed by atoms with E-state index in [1.807, 2.05) is 31.2 Å². The van der Waals surface area contributed by atoms with E-state index < -0.39 is 11.5 Å². The quantitative estimate of drug-likeness (QED) is 0.936. The second kappa shape index (κ2) is 5.23. The summed E-state index contributed by atoms with van der Waals surface area (Å²) in [6.45, 7) is 2.78. The summed E-state index contributed by atoms with van der Waals surface area (Å²) in [4.78, 5) is 0. The van der Waals surface area contributed by atoms with E-state index in [9.17, 15) is 10.4 Å². The van der Waals surface area contributed by atoms with Crippen LogP contribution in [0.1, 0.15) is 24.3 Å². The van der Waals surface area contributed by atoms with Crippen molar-refractivity contribution >= 4 is 0 Å². The number of benzene rings is 1. The molecule has 0 radical (unpaired) electrons. The van der Waals surface area contributed by atoms with Gasteiger partial charge in [-0.25, -0.2) is 0 Å². The number of fused-ring (bicyclic) bond motifs is 1. The number of nitrogens with zero attached hydrogens (tertiary/aromatic N) is 3. The molecule has 0 aliphatic carbocycles. The monoisotopic (exact) mass is 283 g/mol. The molecule has 1 aromatic carbocycles. The van der Waals surface area contributed by atoms with E-state index in [0.29, 0.717) is 18.7 Å². The fourth-order valence-electron chi connectivity index (χ4n) is 2.82. The molecule has 0 spiro atoms. The van der Waals surface area contributed by atoms with Gasteiger partial charge in [0.05, 0.1) is 11.8 Å². The molecule has 0 fully saturated rings. The second-order valence-electron chi connectivity index (χ2n) is 5.32. The number of hydrogen-bond donors (Lipinski definition) is 1. The largest absolute Gasteiger partial charge is 0.492 e. The maximum atomic E-state index is 10.8. The third kappa shape index (κ3) is 2.18. The van der Waals surface area contributed by atoms with Crippen molar-refractivity contribution in [2.45, 2.75) is 26.0 Å². The van der Waals surface area contributed by atoms with Crippen molar-refractivity contribution in [1.29, 1.82) is 5.26 Å². The maximum Gasteiger partial charge on any atom is 0.127 e. The van der Waals surface area contributed by atoms with E-state index in [-0.39, 0.29) is 6.61 Å². The van der Waals surface area contributed by atoms with Gasteiger partial charge in [0.1, 0.15) is 23.9 Å². The molecule has 2 aromatic rings. The summed E-state index contributed by atoms with van der Waals surface area (Å²) in [7, 11) is 0. The average Bonchev–Trinajstić information content (AvgIpc) is 3.02. The molecule has 2 atom stereocenters. The normalized spacial score (nSPS) is 22.0. The topological polar surface area (TPSA) is 71.1 Å². The van der Waals surface area contributed by atoms with E-state index in [1.165, 1.54) is 0 Å². The highest BCUT2D eigenvalue weighted by molar-refractivity contribution is 5.38. The summed E-state index contributed by atoms with van der Waals surface area (Å²) in [5.41, 5.74) is 0.621. The van der Waals surface area contributed by atoms with Crippen LogP contribution in [0.25, 0.3) is 0 Å². The zero-order valence-electron chi connectivity index (χ0n) is 11.9. The van der Waals surface area contributed by atoms with Gasteiger partial charge in [-0.3, -0.25) is 4.68 Å². The highest BCUT2D eigenvalue weighted by Gasteiger charge is 2.44. The number of aliphatic hydroxyl groups excluding tert-OH is 1. The first-order valence-electron chi connectivity index (χ1n) is 7.02. The van der Waals surface area contributed by atoms with Crippen LogP contribution in [0.3, 0.4) is 0 Å². The van der Waals surface area contributed by atoms with Crippen LogP contribution in [-0.4, -0.2) is 21.5 Å². The fraction of sp³-hybridized carbons (Fsp3) is 0.375. The molecule has 21 heavy (non-hydrogen) atoms. The fourth-order valence-corrected chi connectivity index (χ4v) is 2.82. The molecule has 0 saturated heterocycles. The average molecular weight is 283 g/mol. The molecule has 1 aliphatic rings. The number of ether oxygens (including phenoxy) is 1. The van der Waals surface area contributed by atoms with Crippen molar-refractivity contribution < 1.29 is 9.84 Å². The molecule has 3 rings (SSSR count). The summed E-state index contributed by atoms with van der Waals surface area (Å²) in [5, 5.41) is 24.6. The Kier molecular flexibility index (Phi) is 3.40. The molecule has 0 saturated carbocycles. The van der Waals surface area contributed by atoms with Gasteiger partial charge >= 0.3 is 0 Å². The molecule has 1 aliphatic heterocycles. The van der Waals surface area contributed by atoms with Gasteiger partial charge in [0.25, 0.3) is 0 Å². The summed E-state index contributed by atoms with van der Waals surface area (Å²) < 4.78 is 7.42. The van der Waals surface area contributed by atoms with Crippen molar-refractivity contribution in [2.75, 3.05) is 6.61 Å². The first-order chi connectivity index (χ1) is 10.2. The first kappa shape index (κ1) is 13.7. The zero-order valence-corrected chi connectivity index (χ0v) is 11.9. The Morgan fingerprint density at radius 2 is 2.29 bits per heavy atom. The standard InChI is InChI=1S/C16H17N3O2/c1-2-19-13(7-8-18-19)15(20)16(10-17)9-12-5-3-4-6-14(12)21-11-16/h3-8,15,20H,2,9,11H2,1H3. The first-order valence-corrected chi connectivity index (χ1v) is 7.02. The number of nitriles is 1. The molecule has 5 nitrogen and oxygen atoms in total. The number of aromatic nitrogens is 2. The Morgan fingerprint density at radius 1 is 1.48 bits per heavy atom. The minimum Gasteiger partial charge on any atom is -0.492 e. The van der Waals surface area contributed by atoms with Crippen molar-refractivity contribution in [2.24, 2.45) is 5.41 Å². The lowest BCUT2D eigenvalue weighted by Gasteiger charge is -2.36. The summed E-state index contributed by atoms with van der Waals surface area (Å²) in [6.07, 6.45) is 1.18. The Bertz CT molecular complexity index is 689. The Morgan fingerprint density at radius 3 is 3.05 bits per heavy atom. The van der Waals surface area contributed by atoms with Crippen LogP contribution < -0.4 is 4.74 Å². The van der Waals surface area contributed by atoms with Crippen molar-refractivity contribution in [3.8, 4) is 11.8 Å². The van der Waals surface area contributed by atoms with Crippen LogP contribution in [0, 0.1) is 16.7 Å². The van der Waals surface area contributed by atoms with E-state index in [2.05, 4.69) is 11.2 Å². The van der Waals surface area contributed by atoms with E-state index >= 15 is 0 Å². The molecule has 0 bridgehead atoms. The van der Waals surface area contributed by atoms with Gasteiger partial charge in [-0.05, 0) is 24.6 Å². The summed E-state index contributed by atoms with van der Waals surface area (Å²) in [6, 6.07) is 11.7. The van der Waals surface area contributed by atoms with Gasteiger partial charge in [-0.1, -0.05) is 18.2 Å². The van der Waals surface area contributed by atoms with Gasteiger partial charge in [0.15, 0.2) is 0 Å². The van der Waals surface area contributed by atoms with Gasteiger partial charge in [0.2, 0.25) is 0 Å². The number of aryl methyl sites for hydroxylation is 1. The van der Waals surface area contributed by atoms with Crippen LogP contribution >= 0.6 is 0 Å². The van der Waals surface area contributed by atoms with Crippen molar-refractivity contribution in [3.63, 3.8) is 0 Å². The molecule has 2 heterocycles. The predicted octanol–water partition coefficient (Wildman–Crippen LogP) is 2.08. The lowest BCUT2D eigenvalue weighted by atomic mass is 9.76. The lowest BCUT2D eigenvalue weighted by molar-refractivity contribution is 0.0116. The Balaban J connectivity index is 1.98. The molecule has 2 unspecified atom stereocenters. The number of hydrogen-bond acceptors (Lipinski definition) is 4. The third-order valence-corrected chi connectivity index (χ3v) is 4.04. The third-order valence-electron chi connectivity index (χ3n) is 4.04. The van der Waals surface area contributed by atoms with Gasteiger partial charge < -0.3 is 9.84 Å². The van der Waals surface area contributed by atoms with Crippen LogP contribution in [-0.2, 0) is 13.0 Å². The van der Waals surface area contributed by atoms with E-state index in [4.69, 9.17) is 4.74 Å². The SMILES string of the molecule is CCn1nccc1C(O)C1(C#N)COc2ccccc2C1. The summed E-state index contributed by atoms with van der Waals surface area (Å²) in [5.74, 6) is 0.791. The molecule has 108 valence electrons. The number of rotatable bonds is 3. The highest BCUT2D eigenvalue weighted by Crippen LogP contribution is 2.42. The van der Waals surface area contributed by atoms with Crippen molar-refractivity contribution in [3.05, 3.63) is 47.8 Å². The minimum absolute atomic E-state index is 0.177.